The third kappa shape index (κ3) is 2.71. The van der Waals surface area contributed by atoms with Gasteiger partial charge in [-0.05, 0) is 30.2 Å². The van der Waals surface area contributed by atoms with Gasteiger partial charge in [0.05, 0.1) is 0 Å². The molecule has 0 unspecified atom stereocenters. The molecule has 0 saturated carbocycles. The third-order valence-electron chi connectivity index (χ3n) is 4.46. The predicted molar refractivity (Wildman–Crippen MR) is 92.5 cm³/mol. The summed E-state index contributed by atoms with van der Waals surface area (Å²) in [6.45, 7) is 1.03. The number of aromatic carboxylic acids is 1. The number of nitrogens with one attached hydrogen (secondary N) is 1. The Kier molecular flexibility index (Phi) is 3.65. The van der Waals surface area contributed by atoms with Gasteiger partial charge in [0.25, 0.3) is 5.91 Å². The Bertz CT molecular complexity index is 996. The lowest BCUT2D eigenvalue weighted by atomic mass is 9.99. The van der Waals surface area contributed by atoms with Crippen LogP contribution in [-0.2, 0) is 0 Å². The van der Waals surface area contributed by atoms with Crippen LogP contribution in [0.3, 0.4) is 0 Å². The SMILES string of the molecule is O=C(O)c1ccc(C(=O)N2CC=C(c3c[nH]c4ccccc34)CC2)o1. The molecule has 2 N–H and O–H groups in total. The Balaban J connectivity index is 1.53. The number of benzene rings is 1. The molecule has 1 aliphatic rings. The molecule has 3 aromatic rings. The molecule has 0 radical (unpaired) electrons. The Morgan fingerprint density at radius 3 is 2.64 bits per heavy atom. The van der Waals surface area contributed by atoms with Crippen LogP contribution in [0.4, 0.5) is 0 Å². The minimum Gasteiger partial charge on any atom is -0.475 e. The van der Waals surface area contributed by atoms with E-state index in [1.54, 1.807) is 4.90 Å². The van der Waals surface area contributed by atoms with Gasteiger partial charge in [0.2, 0.25) is 5.76 Å². The van der Waals surface area contributed by atoms with E-state index >= 15 is 0 Å². The molecule has 1 aromatic carbocycles. The van der Waals surface area contributed by atoms with Crippen molar-refractivity contribution >= 4 is 28.4 Å². The zero-order valence-corrected chi connectivity index (χ0v) is 13.4. The lowest BCUT2D eigenvalue weighted by molar-refractivity contribution is 0.0652. The summed E-state index contributed by atoms with van der Waals surface area (Å²) in [4.78, 5) is 28.2. The molecule has 126 valence electrons. The number of carbonyl (C=O) groups is 2. The molecule has 0 bridgehead atoms. The minimum absolute atomic E-state index is 0.0568. The number of hydrogen-bond donors (Lipinski definition) is 2. The van der Waals surface area contributed by atoms with Crippen LogP contribution in [0.2, 0.25) is 0 Å². The summed E-state index contributed by atoms with van der Waals surface area (Å²) in [6, 6.07) is 10.8. The highest BCUT2D eigenvalue weighted by atomic mass is 16.4. The van der Waals surface area contributed by atoms with Crippen molar-refractivity contribution in [2.45, 2.75) is 6.42 Å². The zero-order chi connectivity index (χ0) is 17.4. The lowest BCUT2D eigenvalue weighted by Gasteiger charge is -2.25. The summed E-state index contributed by atoms with van der Waals surface area (Å²) in [7, 11) is 0. The van der Waals surface area contributed by atoms with Gasteiger partial charge in [-0.25, -0.2) is 4.79 Å². The maximum absolute atomic E-state index is 12.4. The highest BCUT2D eigenvalue weighted by Gasteiger charge is 2.23. The maximum Gasteiger partial charge on any atom is 0.371 e. The molecule has 0 aliphatic carbocycles. The molecule has 0 spiro atoms. The number of furan rings is 1. The van der Waals surface area contributed by atoms with E-state index in [0.29, 0.717) is 13.1 Å². The first-order chi connectivity index (χ1) is 12.1. The number of carboxylic acid groups (broad SMARTS) is 1. The van der Waals surface area contributed by atoms with Gasteiger partial charge >= 0.3 is 5.97 Å². The van der Waals surface area contributed by atoms with Crippen molar-refractivity contribution in [3.8, 4) is 0 Å². The molecular weight excluding hydrogens is 320 g/mol. The number of carbonyl (C=O) groups excluding carboxylic acids is 1. The molecule has 0 atom stereocenters. The van der Waals surface area contributed by atoms with E-state index < -0.39 is 5.97 Å². The average Bonchev–Trinajstić information content (AvgIpc) is 3.29. The van der Waals surface area contributed by atoms with Crippen LogP contribution < -0.4 is 0 Å². The molecule has 25 heavy (non-hydrogen) atoms. The van der Waals surface area contributed by atoms with E-state index in [9.17, 15) is 9.59 Å². The van der Waals surface area contributed by atoms with Gasteiger partial charge in [0.1, 0.15) is 0 Å². The summed E-state index contributed by atoms with van der Waals surface area (Å²) in [5.41, 5.74) is 3.45. The number of hydrogen-bond acceptors (Lipinski definition) is 3. The topological polar surface area (TPSA) is 86.5 Å². The number of para-hydroxylation sites is 1. The Hall–Kier alpha value is -3.28. The van der Waals surface area contributed by atoms with E-state index in [1.807, 2.05) is 30.5 Å². The van der Waals surface area contributed by atoms with Crippen molar-refractivity contribution in [1.29, 1.82) is 0 Å². The molecule has 1 aliphatic heterocycles. The van der Waals surface area contributed by atoms with Crippen molar-refractivity contribution in [1.82, 2.24) is 9.88 Å². The molecule has 6 nitrogen and oxygen atoms in total. The monoisotopic (exact) mass is 336 g/mol. The van der Waals surface area contributed by atoms with Crippen LogP contribution in [0.25, 0.3) is 16.5 Å². The summed E-state index contributed by atoms with van der Waals surface area (Å²) < 4.78 is 5.10. The van der Waals surface area contributed by atoms with Crippen LogP contribution in [0.15, 0.2) is 53.1 Å². The van der Waals surface area contributed by atoms with E-state index in [4.69, 9.17) is 9.52 Å². The van der Waals surface area contributed by atoms with Gasteiger partial charge in [-0.3, -0.25) is 4.79 Å². The normalized spacial score (nSPS) is 14.6. The number of rotatable bonds is 3. The number of H-pyrrole nitrogens is 1. The number of aromatic amines is 1. The van der Waals surface area contributed by atoms with E-state index in [2.05, 4.69) is 11.1 Å². The van der Waals surface area contributed by atoms with Crippen LogP contribution in [0, 0.1) is 0 Å². The first-order valence-electron chi connectivity index (χ1n) is 8.01. The molecule has 0 fully saturated rings. The van der Waals surface area contributed by atoms with Crippen molar-refractivity contribution in [2.24, 2.45) is 0 Å². The second-order valence-electron chi connectivity index (χ2n) is 5.95. The summed E-state index contributed by atoms with van der Waals surface area (Å²) in [5, 5.41) is 10.1. The fourth-order valence-electron chi connectivity index (χ4n) is 3.16. The van der Waals surface area contributed by atoms with Crippen LogP contribution in [0.5, 0.6) is 0 Å². The van der Waals surface area contributed by atoms with Crippen molar-refractivity contribution in [2.75, 3.05) is 13.1 Å². The Labute approximate surface area is 143 Å². The molecule has 2 aromatic heterocycles. The Morgan fingerprint density at radius 2 is 1.92 bits per heavy atom. The smallest absolute Gasteiger partial charge is 0.371 e. The molecule has 3 heterocycles. The summed E-state index contributed by atoms with van der Waals surface area (Å²) in [6.07, 6.45) is 4.78. The van der Waals surface area contributed by atoms with Crippen LogP contribution in [0.1, 0.15) is 33.1 Å². The molecular formula is C19H16N2O4. The summed E-state index contributed by atoms with van der Waals surface area (Å²) in [5.74, 6) is -1.64. The van der Waals surface area contributed by atoms with Crippen LogP contribution in [-0.4, -0.2) is 40.0 Å². The molecule has 4 rings (SSSR count). The standard InChI is InChI=1S/C19H16N2O4/c22-18(16-5-6-17(25-16)19(23)24)21-9-7-12(8-10-21)14-11-20-15-4-2-1-3-13(14)15/h1-7,11,20H,8-10H2,(H,23,24). The van der Waals surface area contributed by atoms with E-state index in [-0.39, 0.29) is 17.4 Å². The van der Waals surface area contributed by atoms with Gasteiger partial charge in [-0.15, -0.1) is 0 Å². The van der Waals surface area contributed by atoms with Gasteiger partial charge in [-0.1, -0.05) is 24.3 Å². The number of fused-ring (bicyclic) bond motifs is 1. The molecule has 6 heteroatoms. The minimum atomic E-state index is -1.18. The maximum atomic E-state index is 12.4. The van der Waals surface area contributed by atoms with Gasteiger partial charge in [0.15, 0.2) is 5.76 Å². The second-order valence-corrected chi connectivity index (χ2v) is 5.95. The third-order valence-corrected chi connectivity index (χ3v) is 4.46. The van der Waals surface area contributed by atoms with E-state index in [0.717, 1.165) is 17.5 Å². The highest BCUT2D eigenvalue weighted by Crippen LogP contribution is 2.29. The van der Waals surface area contributed by atoms with Crippen molar-refractivity contribution in [3.63, 3.8) is 0 Å². The highest BCUT2D eigenvalue weighted by molar-refractivity contribution is 5.95. The zero-order valence-electron chi connectivity index (χ0n) is 13.4. The second kappa shape index (κ2) is 5.98. The fraction of sp³-hybridized carbons (Fsp3) is 0.158. The first-order valence-corrected chi connectivity index (χ1v) is 8.01. The first kappa shape index (κ1) is 15.3. The predicted octanol–water partition coefficient (Wildman–Crippen LogP) is 3.39. The number of nitrogens with zero attached hydrogens (tertiary/aromatic N) is 1. The Morgan fingerprint density at radius 1 is 1.12 bits per heavy atom. The fourth-order valence-corrected chi connectivity index (χ4v) is 3.16. The number of amides is 1. The summed E-state index contributed by atoms with van der Waals surface area (Å²) >= 11 is 0. The lowest BCUT2D eigenvalue weighted by Crippen LogP contribution is -2.34. The van der Waals surface area contributed by atoms with E-state index in [1.165, 1.54) is 23.1 Å². The molecule has 0 saturated heterocycles. The van der Waals surface area contributed by atoms with Crippen molar-refractivity contribution < 1.29 is 19.1 Å². The van der Waals surface area contributed by atoms with Gasteiger partial charge < -0.3 is 19.4 Å². The molecule has 1 amide bonds. The number of aromatic nitrogens is 1. The average molecular weight is 336 g/mol. The largest absolute Gasteiger partial charge is 0.475 e. The quantitative estimate of drug-likeness (QED) is 0.767. The van der Waals surface area contributed by atoms with Gasteiger partial charge in [-0.2, -0.15) is 0 Å². The number of carboxylic acids is 1. The van der Waals surface area contributed by atoms with Crippen molar-refractivity contribution in [3.05, 3.63) is 65.8 Å². The van der Waals surface area contributed by atoms with Gasteiger partial charge in [0, 0.05) is 35.8 Å². The van der Waals surface area contributed by atoms with Crippen LogP contribution >= 0.6 is 0 Å².